The molecular formula is C14H16N4O2. The molecule has 20 heavy (non-hydrogen) atoms. The Hall–Kier alpha value is -2.21. The molecule has 1 saturated heterocycles. The predicted octanol–water partition coefficient (Wildman–Crippen LogP) is 1.68. The summed E-state index contributed by atoms with van der Waals surface area (Å²) in [5.74, 6) is 0.531. The van der Waals surface area contributed by atoms with Crippen molar-refractivity contribution < 1.29 is 9.47 Å². The quantitative estimate of drug-likeness (QED) is 0.915. The van der Waals surface area contributed by atoms with E-state index in [-0.39, 0.29) is 6.10 Å². The van der Waals surface area contributed by atoms with E-state index in [1.165, 1.54) is 0 Å². The molecule has 1 aliphatic rings. The van der Waals surface area contributed by atoms with Gasteiger partial charge < -0.3 is 15.2 Å². The number of anilines is 1. The largest absolute Gasteiger partial charge is 0.473 e. The number of nitrogen functional groups attached to an aromatic ring is 1. The fraction of sp³-hybridized carbons (Fsp3) is 0.357. The number of hydrogen-bond acceptors (Lipinski definition) is 6. The topological polar surface area (TPSA) is 83.2 Å². The maximum absolute atomic E-state index is 5.89. The van der Waals surface area contributed by atoms with Gasteiger partial charge in [0.2, 0.25) is 5.88 Å². The van der Waals surface area contributed by atoms with E-state index in [4.69, 9.17) is 15.2 Å². The Balaban J connectivity index is 1.73. The van der Waals surface area contributed by atoms with Gasteiger partial charge in [0.1, 0.15) is 6.10 Å². The first kappa shape index (κ1) is 12.8. The summed E-state index contributed by atoms with van der Waals surface area (Å²) in [5, 5.41) is 0. The Morgan fingerprint density at radius 1 is 1.15 bits per heavy atom. The van der Waals surface area contributed by atoms with Crippen molar-refractivity contribution in [2.24, 2.45) is 0 Å². The number of nitrogens with zero attached hydrogens (tertiary/aromatic N) is 3. The first-order chi connectivity index (χ1) is 9.83. The average molecular weight is 272 g/mol. The Bertz CT molecular complexity index is 568. The molecule has 0 atom stereocenters. The molecule has 0 radical (unpaired) electrons. The van der Waals surface area contributed by atoms with E-state index in [1.54, 1.807) is 30.9 Å². The lowest BCUT2D eigenvalue weighted by molar-refractivity contribution is 0.0236. The summed E-state index contributed by atoms with van der Waals surface area (Å²) in [4.78, 5) is 12.7. The summed E-state index contributed by atoms with van der Waals surface area (Å²) in [5.41, 5.74) is 7.98. The zero-order valence-corrected chi connectivity index (χ0v) is 11.0. The Kier molecular flexibility index (Phi) is 3.73. The molecule has 0 bridgehead atoms. The van der Waals surface area contributed by atoms with E-state index >= 15 is 0 Å². The Labute approximate surface area is 117 Å². The second-order valence-corrected chi connectivity index (χ2v) is 4.63. The molecule has 2 aromatic rings. The van der Waals surface area contributed by atoms with Gasteiger partial charge >= 0.3 is 0 Å². The van der Waals surface area contributed by atoms with Crippen LogP contribution >= 0.6 is 0 Å². The van der Waals surface area contributed by atoms with E-state index < -0.39 is 0 Å². The van der Waals surface area contributed by atoms with Crippen LogP contribution in [-0.4, -0.2) is 34.3 Å². The number of rotatable bonds is 3. The van der Waals surface area contributed by atoms with Gasteiger partial charge in [0.25, 0.3) is 0 Å². The van der Waals surface area contributed by atoms with Crippen molar-refractivity contribution in [3.63, 3.8) is 0 Å². The Morgan fingerprint density at radius 2 is 2.00 bits per heavy atom. The molecule has 0 unspecified atom stereocenters. The van der Waals surface area contributed by atoms with Crippen LogP contribution in [0.2, 0.25) is 0 Å². The molecule has 3 heterocycles. The minimum absolute atomic E-state index is 0.160. The molecule has 0 saturated carbocycles. The van der Waals surface area contributed by atoms with Crippen molar-refractivity contribution in [1.29, 1.82) is 0 Å². The number of pyridine rings is 1. The van der Waals surface area contributed by atoms with Crippen molar-refractivity contribution in [2.45, 2.75) is 18.9 Å². The second-order valence-electron chi connectivity index (χ2n) is 4.63. The van der Waals surface area contributed by atoms with Crippen molar-refractivity contribution >= 4 is 5.69 Å². The molecule has 0 spiro atoms. The van der Waals surface area contributed by atoms with Gasteiger partial charge in [-0.2, -0.15) is 0 Å². The van der Waals surface area contributed by atoms with Crippen molar-refractivity contribution in [1.82, 2.24) is 15.0 Å². The first-order valence-corrected chi connectivity index (χ1v) is 6.59. The molecular weight excluding hydrogens is 256 g/mol. The van der Waals surface area contributed by atoms with Gasteiger partial charge in [-0.15, -0.1) is 0 Å². The summed E-state index contributed by atoms with van der Waals surface area (Å²) in [7, 11) is 0. The third kappa shape index (κ3) is 2.85. The van der Waals surface area contributed by atoms with Crippen LogP contribution in [0.1, 0.15) is 12.8 Å². The molecule has 1 aliphatic heterocycles. The van der Waals surface area contributed by atoms with Gasteiger partial charge in [-0.1, -0.05) is 0 Å². The van der Waals surface area contributed by atoms with E-state index in [0.717, 1.165) is 31.6 Å². The van der Waals surface area contributed by atoms with Crippen molar-refractivity contribution in [3.05, 3.63) is 30.9 Å². The smallest absolute Gasteiger partial charge is 0.232 e. The molecule has 0 aromatic carbocycles. The summed E-state index contributed by atoms with van der Waals surface area (Å²) in [6, 6.07) is 1.74. The van der Waals surface area contributed by atoms with Crippen LogP contribution in [0.4, 0.5) is 5.69 Å². The maximum Gasteiger partial charge on any atom is 0.232 e. The minimum Gasteiger partial charge on any atom is -0.473 e. The standard InChI is InChI=1S/C14H16N4O2/c15-12-1-4-16-7-11(12)13-8-18-14(9-17-13)20-10-2-5-19-6-3-10/h1,4,7-10H,2-3,5-6H2,(H2,15,16). The minimum atomic E-state index is 0.160. The predicted molar refractivity (Wildman–Crippen MR) is 74.1 cm³/mol. The number of ether oxygens (including phenoxy) is 2. The highest BCUT2D eigenvalue weighted by molar-refractivity contribution is 5.71. The summed E-state index contributed by atoms with van der Waals surface area (Å²) in [6.07, 6.45) is 8.54. The molecule has 2 N–H and O–H groups in total. The Morgan fingerprint density at radius 3 is 2.70 bits per heavy atom. The molecule has 6 heteroatoms. The highest BCUT2D eigenvalue weighted by Gasteiger charge is 2.16. The monoisotopic (exact) mass is 272 g/mol. The van der Waals surface area contributed by atoms with Gasteiger partial charge in [-0.05, 0) is 6.07 Å². The molecule has 2 aromatic heterocycles. The first-order valence-electron chi connectivity index (χ1n) is 6.59. The van der Waals surface area contributed by atoms with Gasteiger partial charge in [-0.3, -0.25) is 4.98 Å². The zero-order chi connectivity index (χ0) is 13.8. The highest BCUT2D eigenvalue weighted by Crippen LogP contribution is 2.23. The van der Waals surface area contributed by atoms with Crippen LogP contribution in [0.5, 0.6) is 5.88 Å². The van der Waals surface area contributed by atoms with Crippen molar-refractivity contribution in [2.75, 3.05) is 18.9 Å². The van der Waals surface area contributed by atoms with Gasteiger partial charge in [0, 0.05) is 36.5 Å². The second kappa shape index (κ2) is 5.83. The van der Waals surface area contributed by atoms with Crippen LogP contribution in [0.3, 0.4) is 0 Å². The van der Waals surface area contributed by atoms with Gasteiger partial charge in [0.05, 0.1) is 31.3 Å². The lowest BCUT2D eigenvalue weighted by atomic mass is 10.1. The normalized spacial score (nSPS) is 16.0. The van der Waals surface area contributed by atoms with E-state index in [1.807, 2.05) is 0 Å². The van der Waals surface area contributed by atoms with Crippen LogP contribution in [-0.2, 0) is 4.74 Å². The molecule has 1 fully saturated rings. The van der Waals surface area contributed by atoms with Gasteiger partial charge in [0.15, 0.2) is 0 Å². The zero-order valence-electron chi connectivity index (χ0n) is 11.0. The number of aromatic nitrogens is 3. The van der Waals surface area contributed by atoms with Crippen LogP contribution in [0.25, 0.3) is 11.3 Å². The average Bonchev–Trinajstić information content (AvgIpc) is 2.50. The molecule has 6 nitrogen and oxygen atoms in total. The third-order valence-electron chi connectivity index (χ3n) is 3.21. The lowest BCUT2D eigenvalue weighted by Crippen LogP contribution is -2.26. The van der Waals surface area contributed by atoms with Crippen LogP contribution < -0.4 is 10.5 Å². The van der Waals surface area contributed by atoms with E-state index in [2.05, 4.69) is 15.0 Å². The SMILES string of the molecule is Nc1ccncc1-c1cnc(OC2CCOCC2)cn1. The fourth-order valence-electron chi connectivity index (χ4n) is 2.10. The van der Waals surface area contributed by atoms with Gasteiger partial charge in [-0.25, -0.2) is 9.97 Å². The lowest BCUT2D eigenvalue weighted by Gasteiger charge is -2.22. The summed E-state index contributed by atoms with van der Waals surface area (Å²) in [6.45, 7) is 1.48. The van der Waals surface area contributed by atoms with E-state index in [0.29, 0.717) is 17.3 Å². The molecule has 104 valence electrons. The van der Waals surface area contributed by atoms with E-state index in [9.17, 15) is 0 Å². The molecule has 3 rings (SSSR count). The number of nitrogens with two attached hydrogens (primary N) is 1. The maximum atomic E-state index is 5.89. The molecule has 0 amide bonds. The molecule has 0 aliphatic carbocycles. The van der Waals surface area contributed by atoms with Crippen LogP contribution in [0, 0.1) is 0 Å². The van der Waals surface area contributed by atoms with Crippen molar-refractivity contribution in [3.8, 4) is 17.1 Å². The fourth-order valence-corrected chi connectivity index (χ4v) is 2.10. The highest BCUT2D eigenvalue weighted by atomic mass is 16.5. The summed E-state index contributed by atoms with van der Waals surface area (Å²) < 4.78 is 11.1. The summed E-state index contributed by atoms with van der Waals surface area (Å²) >= 11 is 0. The number of hydrogen-bond donors (Lipinski definition) is 1. The van der Waals surface area contributed by atoms with Crippen LogP contribution in [0.15, 0.2) is 30.9 Å². The third-order valence-corrected chi connectivity index (χ3v) is 3.21.